The molecule has 0 spiro atoms. The number of halogens is 1. The number of carbonyl (C=O) groups excluding carboxylic acids is 2. The Kier molecular flexibility index (Phi) is 7.05. The number of rotatable bonds is 8. The van der Waals surface area contributed by atoms with Crippen molar-refractivity contribution in [1.82, 2.24) is 0 Å². The van der Waals surface area contributed by atoms with Crippen LogP contribution in [0.3, 0.4) is 0 Å². The van der Waals surface area contributed by atoms with E-state index in [-0.39, 0.29) is 31.0 Å². The fourth-order valence-corrected chi connectivity index (χ4v) is 2.35. The first-order chi connectivity index (χ1) is 10.3. The van der Waals surface area contributed by atoms with Crippen LogP contribution >= 0.6 is 11.6 Å². The van der Waals surface area contributed by atoms with Crippen molar-refractivity contribution in [2.24, 2.45) is 0 Å². The highest BCUT2D eigenvalue weighted by Gasteiger charge is 2.15. The van der Waals surface area contributed by atoms with Crippen LogP contribution < -0.4 is 0 Å². The Labute approximate surface area is 134 Å². The van der Waals surface area contributed by atoms with Gasteiger partial charge < -0.3 is 9.84 Å². The molecular weight excluding hydrogens is 308 g/mol. The third-order valence-corrected chi connectivity index (χ3v) is 3.52. The molecule has 0 fully saturated rings. The molecule has 22 heavy (non-hydrogen) atoms. The maximum absolute atomic E-state index is 12.1. The van der Waals surface area contributed by atoms with Crippen LogP contribution in [0.5, 0.6) is 0 Å². The Morgan fingerprint density at radius 3 is 2.45 bits per heavy atom. The zero-order valence-electron chi connectivity index (χ0n) is 12.6. The lowest BCUT2D eigenvalue weighted by molar-refractivity contribution is -0.143. The lowest BCUT2D eigenvalue weighted by atomic mass is 9.97. The van der Waals surface area contributed by atoms with Crippen LogP contribution in [0.4, 0.5) is 0 Å². The number of carboxylic acids is 1. The van der Waals surface area contributed by atoms with Crippen molar-refractivity contribution < 1.29 is 24.2 Å². The molecule has 1 aromatic carbocycles. The Balaban J connectivity index is 2.87. The fraction of sp³-hybridized carbons (Fsp3) is 0.438. The second kappa shape index (κ2) is 8.54. The maximum atomic E-state index is 12.1. The van der Waals surface area contributed by atoms with Gasteiger partial charge in [-0.15, -0.1) is 0 Å². The molecule has 0 saturated heterocycles. The molecule has 5 nitrogen and oxygen atoms in total. The van der Waals surface area contributed by atoms with Gasteiger partial charge in [0, 0.05) is 23.4 Å². The molecule has 120 valence electrons. The Morgan fingerprint density at radius 2 is 1.86 bits per heavy atom. The summed E-state index contributed by atoms with van der Waals surface area (Å²) >= 11 is 6.14. The van der Waals surface area contributed by atoms with E-state index < -0.39 is 5.97 Å². The number of aryl methyl sites for hydroxylation is 2. The number of hydrogen-bond donors (Lipinski definition) is 1. The van der Waals surface area contributed by atoms with E-state index in [1.54, 1.807) is 26.0 Å². The molecule has 0 heterocycles. The summed E-state index contributed by atoms with van der Waals surface area (Å²) < 4.78 is 4.86. The molecule has 0 amide bonds. The molecule has 0 aromatic heterocycles. The molecule has 0 saturated carbocycles. The highest BCUT2D eigenvalue weighted by atomic mass is 35.5. The van der Waals surface area contributed by atoms with Crippen molar-refractivity contribution in [2.75, 3.05) is 6.61 Å². The van der Waals surface area contributed by atoms with Gasteiger partial charge in [0.1, 0.15) is 0 Å². The van der Waals surface area contributed by atoms with Crippen LogP contribution in [0, 0.1) is 6.92 Å². The molecule has 0 bridgehead atoms. The van der Waals surface area contributed by atoms with Crippen molar-refractivity contribution in [3.63, 3.8) is 0 Å². The van der Waals surface area contributed by atoms with E-state index >= 15 is 0 Å². The van der Waals surface area contributed by atoms with Gasteiger partial charge in [0.15, 0.2) is 5.78 Å². The molecule has 0 aliphatic carbocycles. The number of aliphatic carboxylic acids is 1. The van der Waals surface area contributed by atoms with Crippen molar-refractivity contribution in [3.05, 3.63) is 33.8 Å². The van der Waals surface area contributed by atoms with Gasteiger partial charge in [-0.3, -0.25) is 14.4 Å². The number of hydrogen-bond acceptors (Lipinski definition) is 4. The molecule has 1 aromatic rings. The van der Waals surface area contributed by atoms with E-state index in [9.17, 15) is 14.4 Å². The van der Waals surface area contributed by atoms with E-state index in [0.29, 0.717) is 34.7 Å². The van der Waals surface area contributed by atoms with E-state index in [0.717, 1.165) is 0 Å². The molecule has 1 rings (SSSR count). The number of esters is 1. The van der Waals surface area contributed by atoms with Gasteiger partial charge in [-0.25, -0.2) is 0 Å². The minimum Gasteiger partial charge on any atom is -0.481 e. The molecule has 0 aliphatic rings. The minimum atomic E-state index is -1.01. The topological polar surface area (TPSA) is 80.7 Å². The predicted octanol–water partition coefficient (Wildman–Crippen LogP) is 3.19. The molecule has 6 heteroatoms. The fourth-order valence-electron chi connectivity index (χ4n) is 2.03. The smallest absolute Gasteiger partial charge is 0.306 e. The SMILES string of the molecule is CCOC(=O)CCc1cc(C(=O)CCC(=O)O)c(C)cc1Cl. The number of ether oxygens (including phenoxy) is 1. The van der Waals surface area contributed by atoms with Crippen LogP contribution in [-0.4, -0.2) is 29.4 Å². The van der Waals surface area contributed by atoms with Crippen LogP contribution in [0.25, 0.3) is 0 Å². The van der Waals surface area contributed by atoms with Gasteiger partial charge in [0.25, 0.3) is 0 Å². The van der Waals surface area contributed by atoms with E-state index in [2.05, 4.69) is 0 Å². The van der Waals surface area contributed by atoms with Crippen LogP contribution in [0.15, 0.2) is 12.1 Å². The Morgan fingerprint density at radius 1 is 1.18 bits per heavy atom. The zero-order valence-corrected chi connectivity index (χ0v) is 13.4. The summed E-state index contributed by atoms with van der Waals surface area (Å²) in [6.45, 7) is 3.80. The highest BCUT2D eigenvalue weighted by molar-refractivity contribution is 6.31. The summed E-state index contributed by atoms with van der Waals surface area (Å²) in [4.78, 5) is 34.0. The van der Waals surface area contributed by atoms with Crippen molar-refractivity contribution in [1.29, 1.82) is 0 Å². The van der Waals surface area contributed by atoms with Gasteiger partial charge in [-0.2, -0.15) is 0 Å². The number of benzene rings is 1. The molecule has 0 unspecified atom stereocenters. The Bertz CT molecular complexity index is 580. The molecule has 0 aliphatic heterocycles. The van der Waals surface area contributed by atoms with E-state index in [1.807, 2.05) is 0 Å². The van der Waals surface area contributed by atoms with Crippen LogP contribution in [0.2, 0.25) is 5.02 Å². The summed E-state index contributed by atoms with van der Waals surface area (Å²) in [7, 11) is 0. The second-order valence-corrected chi connectivity index (χ2v) is 5.29. The first-order valence-electron chi connectivity index (χ1n) is 7.04. The molecule has 0 radical (unpaired) electrons. The lowest BCUT2D eigenvalue weighted by Crippen LogP contribution is -2.08. The van der Waals surface area contributed by atoms with Crippen LogP contribution in [0.1, 0.15) is 47.7 Å². The average Bonchev–Trinajstić information content (AvgIpc) is 2.44. The largest absolute Gasteiger partial charge is 0.481 e. The summed E-state index contributed by atoms with van der Waals surface area (Å²) in [5.74, 6) is -1.57. The predicted molar refractivity (Wildman–Crippen MR) is 82.3 cm³/mol. The van der Waals surface area contributed by atoms with Gasteiger partial charge >= 0.3 is 11.9 Å². The standard InChI is InChI=1S/C16H19ClO5/c1-3-22-16(21)7-4-11-9-12(10(2)8-13(11)17)14(18)5-6-15(19)20/h8-9H,3-7H2,1-2H3,(H,19,20). The summed E-state index contributed by atoms with van der Waals surface area (Å²) in [5.41, 5.74) is 1.82. The normalized spacial score (nSPS) is 10.3. The third-order valence-electron chi connectivity index (χ3n) is 3.16. The van der Waals surface area contributed by atoms with E-state index in [4.69, 9.17) is 21.4 Å². The lowest BCUT2D eigenvalue weighted by Gasteiger charge is -2.10. The monoisotopic (exact) mass is 326 g/mol. The van der Waals surface area contributed by atoms with Crippen molar-refractivity contribution >= 4 is 29.3 Å². The Hall–Kier alpha value is -1.88. The summed E-state index contributed by atoms with van der Waals surface area (Å²) in [6, 6.07) is 3.30. The number of ketones is 1. The minimum absolute atomic E-state index is 0.0604. The van der Waals surface area contributed by atoms with Crippen molar-refractivity contribution in [3.8, 4) is 0 Å². The van der Waals surface area contributed by atoms with Crippen LogP contribution in [-0.2, 0) is 20.7 Å². The van der Waals surface area contributed by atoms with Gasteiger partial charge in [0.05, 0.1) is 13.0 Å². The van der Waals surface area contributed by atoms with Gasteiger partial charge in [0.2, 0.25) is 0 Å². The summed E-state index contributed by atoms with van der Waals surface area (Å²) in [5, 5.41) is 9.13. The number of carbonyl (C=O) groups is 3. The number of Topliss-reactive ketones (excluding diaryl/α,β-unsaturated/α-hetero) is 1. The molecular formula is C16H19ClO5. The maximum Gasteiger partial charge on any atom is 0.306 e. The van der Waals surface area contributed by atoms with Gasteiger partial charge in [-0.1, -0.05) is 11.6 Å². The third kappa shape index (κ3) is 5.48. The molecule has 0 atom stereocenters. The van der Waals surface area contributed by atoms with Gasteiger partial charge in [-0.05, 0) is 43.5 Å². The highest BCUT2D eigenvalue weighted by Crippen LogP contribution is 2.24. The quantitative estimate of drug-likeness (QED) is 0.586. The number of carboxylic acid groups (broad SMARTS) is 1. The summed E-state index contributed by atoms with van der Waals surface area (Å²) in [6.07, 6.45) is 0.282. The average molecular weight is 327 g/mol. The van der Waals surface area contributed by atoms with E-state index in [1.165, 1.54) is 0 Å². The van der Waals surface area contributed by atoms with Crippen molar-refractivity contribution in [2.45, 2.75) is 39.5 Å². The zero-order chi connectivity index (χ0) is 16.7. The second-order valence-electron chi connectivity index (χ2n) is 4.88. The molecule has 1 N–H and O–H groups in total. The first kappa shape index (κ1) is 18.2. The first-order valence-corrected chi connectivity index (χ1v) is 7.42.